The molecule has 1 aliphatic rings. The van der Waals surface area contributed by atoms with Gasteiger partial charge < -0.3 is 19.8 Å². The lowest BCUT2D eigenvalue weighted by Gasteiger charge is -2.24. The van der Waals surface area contributed by atoms with Crippen LogP contribution < -0.4 is 10.1 Å². The van der Waals surface area contributed by atoms with Gasteiger partial charge in [0.15, 0.2) is 0 Å². The maximum absolute atomic E-state index is 11.6. The van der Waals surface area contributed by atoms with E-state index in [0.717, 1.165) is 55.1 Å². The third kappa shape index (κ3) is 5.12. The number of hydrogen-bond acceptors (Lipinski definition) is 4. The molecule has 1 aromatic heterocycles. The van der Waals surface area contributed by atoms with Crippen LogP contribution in [-0.4, -0.2) is 30.8 Å². The lowest BCUT2D eigenvalue weighted by atomic mass is 9.92. The second-order valence-electron chi connectivity index (χ2n) is 7.82. The van der Waals surface area contributed by atoms with E-state index in [1.165, 1.54) is 18.2 Å². The predicted molar refractivity (Wildman–Crippen MR) is 125 cm³/mol. The van der Waals surface area contributed by atoms with Gasteiger partial charge in [-0.3, -0.25) is 0 Å². The van der Waals surface area contributed by atoms with Crippen LogP contribution in [0.15, 0.2) is 54.7 Å². The maximum atomic E-state index is 11.6. The van der Waals surface area contributed by atoms with Crippen molar-refractivity contribution in [2.75, 3.05) is 13.7 Å². The minimum absolute atomic E-state index is 0.467. The van der Waals surface area contributed by atoms with Crippen molar-refractivity contribution in [1.29, 1.82) is 0 Å². The molecule has 1 atom stereocenters. The lowest BCUT2D eigenvalue weighted by molar-refractivity contribution is 0.122. The summed E-state index contributed by atoms with van der Waals surface area (Å²) in [5.41, 5.74) is 4.63. The monoisotopic (exact) mass is 438 g/mol. The fourth-order valence-corrected chi connectivity index (χ4v) is 4.44. The van der Waals surface area contributed by atoms with Crippen molar-refractivity contribution < 1.29 is 14.3 Å². The number of benzene rings is 2. The predicted octanol–water partition coefficient (Wildman–Crippen LogP) is 6.12. The van der Waals surface area contributed by atoms with Crippen LogP contribution in [0.5, 0.6) is 5.75 Å². The summed E-state index contributed by atoms with van der Waals surface area (Å²) in [7, 11) is 1.30. The second kappa shape index (κ2) is 10.0. The Morgan fingerprint density at radius 1 is 1.16 bits per heavy atom. The van der Waals surface area contributed by atoms with Crippen molar-refractivity contribution in [3.63, 3.8) is 0 Å². The highest BCUT2D eigenvalue weighted by atomic mass is 35.5. The van der Waals surface area contributed by atoms with Gasteiger partial charge in [0.05, 0.1) is 17.6 Å². The van der Waals surface area contributed by atoms with E-state index >= 15 is 0 Å². The molecule has 0 radical (unpaired) electrons. The molecule has 3 aromatic rings. The number of nitrogens with one attached hydrogen (secondary N) is 2. The molecule has 1 aliphatic heterocycles. The van der Waals surface area contributed by atoms with E-state index in [1.54, 1.807) is 12.1 Å². The summed E-state index contributed by atoms with van der Waals surface area (Å²) < 4.78 is 9.97. The molecule has 31 heavy (non-hydrogen) atoms. The minimum Gasteiger partial charge on any atom is -0.437 e. The van der Waals surface area contributed by atoms with E-state index in [0.29, 0.717) is 16.8 Å². The average Bonchev–Trinajstić information content (AvgIpc) is 3.24. The highest BCUT2D eigenvalue weighted by Crippen LogP contribution is 2.35. The fraction of sp³-hybridized carbons (Fsp3) is 0.320. The molecule has 2 heterocycles. The molecule has 6 heteroatoms. The molecular formula is C25H27ClN2O3. The number of carbonyl (C=O) groups is 1. The first-order chi connectivity index (χ1) is 15.2. The van der Waals surface area contributed by atoms with Gasteiger partial charge >= 0.3 is 6.16 Å². The highest BCUT2D eigenvalue weighted by Gasteiger charge is 2.17. The number of fused-ring (bicyclic) bond motifs is 1. The van der Waals surface area contributed by atoms with Gasteiger partial charge in [-0.1, -0.05) is 54.4 Å². The van der Waals surface area contributed by atoms with Gasteiger partial charge in [0.2, 0.25) is 0 Å². The van der Waals surface area contributed by atoms with Gasteiger partial charge in [-0.15, -0.1) is 0 Å². The summed E-state index contributed by atoms with van der Waals surface area (Å²) in [6.07, 6.45) is 8.73. The molecule has 0 saturated carbocycles. The number of H-pyrrole nitrogens is 1. The average molecular weight is 439 g/mol. The van der Waals surface area contributed by atoms with Crippen LogP contribution in [0.4, 0.5) is 4.79 Å². The smallest absolute Gasteiger partial charge is 0.437 e. The molecular weight excluding hydrogens is 412 g/mol. The van der Waals surface area contributed by atoms with E-state index < -0.39 is 6.16 Å². The molecule has 0 spiro atoms. The van der Waals surface area contributed by atoms with Gasteiger partial charge in [0, 0.05) is 24.2 Å². The van der Waals surface area contributed by atoms with E-state index in [2.05, 4.69) is 51.4 Å². The van der Waals surface area contributed by atoms with Crippen molar-refractivity contribution in [2.24, 2.45) is 0 Å². The first-order valence-corrected chi connectivity index (χ1v) is 11.1. The van der Waals surface area contributed by atoms with Gasteiger partial charge in [0.1, 0.15) is 5.75 Å². The summed E-state index contributed by atoms with van der Waals surface area (Å²) >= 11 is 6.32. The van der Waals surface area contributed by atoms with E-state index in [1.807, 2.05) is 6.20 Å². The zero-order valence-electron chi connectivity index (χ0n) is 17.6. The van der Waals surface area contributed by atoms with Crippen LogP contribution >= 0.6 is 11.6 Å². The Hall–Kier alpha value is -2.76. The van der Waals surface area contributed by atoms with Crippen molar-refractivity contribution in [3.8, 4) is 5.75 Å². The van der Waals surface area contributed by atoms with Crippen LogP contribution in [0.2, 0.25) is 5.02 Å². The number of aromatic amines is 1. The topological polar surface area (TPSA) is 63.4 Å². The second-order valence-corrected chi connectivity index (χ2v) is 8.22. The zero-order valence-corrected chi connectivity index (χ0v) is 18.4. The molecule has 4 rings (SSSR count). The number of aryl methyl sites for hydroxylation is 1. The van der Waals surface area contributed by atoms with Crippen LogP contribution in [0.25, 0.3) is 16.5 Å². The first-order valence-electron chi connectivity index (χ1n) is 10.7. The number of rotatable bonds is 7. The number of unbranched alkanes of at least 4 members (excludes halogenated alkanes) is 1. The van der Waals surface area contributed by atoms with Gasteiger partial charge in [-0.25, -0.2) is 4.79 Å². The number of carbonyl (C=O) groups excluding carboxylic acids is 1. The van der Waals surface area contributed by atoms with E-state index in [-0.39, 0.29) is 0 Å². The number of halogens is 1. The normalized spacial score (nSPS) is 16.2. The molecule has 0 fully saturated rings. The lowest BCUT2D eigenvalue weighted by Crippen LogP contribution is -2.32. The maximum Gasteiger partial charge on any atom is 0.513 e. The van der Waals surface area contributed by atoms with Crippen LogP contribution in [0.1, 0.15) is 36.8 Å². The SMILES string of the molecule is COC(=O)Oc1ccc(Cl)c2[nH]cc(CCCCC3CC(c4ccccc4)=CCN3)c12. The van der Waals surface area contributed by atoms with Crippen molar-refractivity contribution in [3.05, 3.63) is 70.9 Å². The molecule has 0 amide bonds. The van der Waals surface area contributed by atoms with Gasteiger partial charge in [0.25, 0.3) is 0 Å². The Morgan fingerprint density at radius 3 is 2.81 bits per heavy atom. The first kappa shape index (κ1) is 21.5. The number of hydrogen-bond donors (Lipinski definition) is 2. The van der Waals surface area contributed by atoms with Crippen molar-refractivity contribution in [2.45, 2.75) is 38.1 Å². The molecule has 0 bridgehead atoms. The zero-order chi connectivity index (χ0) is 21.6. The standard InChI is InChI=1S/C25H27ClN2O3/c1-30-25(29)31-22-12-11-21(26)24-23(22)19(16-28-24)9-5-6-10-20-15-18(13-14-27-20)17-7-3-2-4-8-17/h2-4,7-8,11-13,16,20,27-28H,5-6,9-10,14-15H2,1H3. The highest BCUT2D eigenvalue weighted by molar-refractivity contribution is 6.35. The number of ether oxygens (including phenoxy) is 2. The minimum atomic E-state index is -0.735. The van der Waals surface area contributed by atoms with E-state index in [9.17, 15) is 4.79 Å². The fourth-order valence-electron chi connectivity index (χ4n) is 4.23. The molecule has 5 nitrogen and oxygen atoms in total. The molecule has 0 saturated heterocycles. The largest absolute Gasteiger partial charge is 0.513 e. The molecule has 2 N–H and O–H groups in total. The number of methoxy groups -OCH3 is 1. The summed E-state index contributed by atoms with van der Waals surface area (Å²) in [4.78, 5) is 14.8. The van der Waals surface area contributed by atoms with Crippen LogP contribution in [-0.2, 0) is 11.2 Å². The Labute approximate surface area is 187 Å². The Morgan fingerprint density at radius 2 is 2.00 bits per heavy atom. The Balaban J connectivity index is 1.35. The van der Waals surface area contributed by atoms with Gasteiger partial charge in [-0.2, -0.15) is 0 Å². The van der Waals surface area contributed by atoms with Crippen LogP contribution in [0, 0.1) is 0 Å². The Kier molecular flexibility index (Phi) is 6.95. The third-order valence-electron chi connectivity index (χ3n) is 5.80. The van der Waals surface area contributed by atoms with Crippen molar-refractivity contribution >= 4 is 34.2 Å². The van der Waals surface area contributed by atoms with E-state index in [4.69, 9.17) is 16.3 Å². The summed E-state index contributed by atoms with van der Waals surface area (Å²) in [5.74, 6) is 0.467. The van der Waals surface area contributed by atoms with Crippen LogP contribution in [0.3, 0.4) is 0 Å². The quantitative estimate of drug-likeness (QED) is 0.265. The third-order valence-corrected chi connectivity index (χ3v) is 6.12. The molecule has 1 unspecified atom stereocenters. The Bertz CT molecular complexity index is 1080. The van der Waals surface area contributed by atoms with Gasteiger partial charge in [-0.05, 0) is 54.5 Å². The molecule has 162 valence electrons. The summed E-state index contributed by atoms with van der Waals surface area (Å²) in [6, 6.07) is 14.5. The molecule has 2 aromatic carbocycles. The summed E-state index contributed by atoms with van der Waals surface area (Å²) in [5, 5.41) is 5.07. The van der Waals surface area contributed by atoms with Crippen molar-refractivity contribution in [1.82, 2.24) is 10.3 Å². The number of aromatic nitrogens is 1. The summed E-state index contributed by atoms with van der Waals surface area (Å²) in [6.45, 7) is 0.921. The molecule has 0 aliphatic carbocycles.